The molecule has 0 aliphatic carbocycles. The molecule has 1 aromatic heterocycles. The topological polar surface area (TPSA) is 25.4 Å². The number of pyridine rings is 1. The summed E-state index contributed by atoms with van der Waals surface area (Å²) in [4.78, 5) is 6.08. The maximum atomic E-state index is 5.79. The van der Waals surface area contributed by atoms with Crippen LogP contribution in [-0.2, 0) is 0 Å². The van der Waals surface area contributed by atoms with Gasteiger partial charge < -0.3 is 9.64 Å². The highest BCUT2D eigenvalue weighted by atomic mass is 35.5. The number of rotatable bonds is 3. The average molecular weight is 249 g/mol. The predicted octanol–water partition coefficient (Wildman–Crippen LogP) is 3.59. The largest absolute Gasteiger partial charge is 0.439 e. The lowest BCUT2D eigenvalue weighted by Gasteiger charge is -2.13. The quantitative estimate of drug-likeness (QED) is 0.776. The fraction of sp³-hybridized carbons (Fsp3) is 0.154. The molecule has 0 aliphatic heterocycles. The van der Waals surface area contributed by atoms with Crippen LogP contribution in [0.15, 0.2) is 42.5 Å². The number of hydrogen-bond donors (Lipinski definition) is 0. The van der Waals surface area contributed by atoms with E-state index in [-0.39, 0.29) is 0 Å². The van der Waals surface area contributed by atoms with Crippen molar-refractivity contribution >= 4 is 17.3 Å². The standard InChI is InChI=1S/C13H13ClN2O/c1-16(2)10-5-3-6-11(9-10)17-13-8-4-7-12(14)15-13/h3-9H,1-2H3. The minimum absolute atomic E-state index is 0.422. The lowest BCUT2D eigenvalue weighted by molar-refractivity contribution is 0.463. The van der Waals surface area contributed by atoms with E-state index in [1.165, 1.54) is 0 Å². The Balaban J connectivity index is 2.21. The van der Waals surface area contributed by atoms with Crippen molar-refractivity contribution < 1.29 is 4.74 Å². The first-order valence-electron chi connectivity index (χ1n) is 5.23. The predicted molar refractivity (Wildman–Crippen MR) is 70.1 cm³/mol. The van der Waals surface area contributed by atoms with Crippen molar-refractivity contribution in [1.82, 2.24) is 4.98 Å². The number of halogens is 1. The molecule has 0 N–H and O–H groups in total. The van der Waals surface area contributed by atoms with Gasteiger partial charge in [-0.15, -0.1) is 0 Å². The third kappa shape index (κ3) is 3.11. The van der Waals surface area contributed by atoms with Crippen LogP contribution >= 0.6 is 11.6 Å². The molecule has 0 unspecified atom stereocenters. The van der Waals surface area contributed by atoms with Crippen molar-refractivity contribution in [3.63, 3.8) is 0 Å². The number of aromatic nitrogens is 1. The van der Waals surface area contributed by atoms with Gasteiger partial charge in [-0.2, -0.15) is 0 Å². The SMILES string of the molecule is CN(C)c1cccc(Oc2cccc(Cl)n2)c1. The number of hydrogen-bond acceptors (Lipinski definition) is 3. The number of anilines is 1. The van der Waals surface area contributed by atoms with E-state index >= 15 is 0 Å². The molecule has 2 aromatic rings. The molecule has 3 nitrogen and oxygen atoms in total. The molecule has 1 aromatic carbocycles. The molecule has 17 heavy (non-hydrogen) atoms. The van der Waals surface area contributed by atoms with Crippen LogP contribution in [0.5, 0.6) is 11.6 Å². The van der Waals surface area contributed by atoms with Gasteiger partial charge in [0.25, 0.3) is 0 Å². The summed E-state index contributed by atoms with van der Waals surface area (Å²) in [5, 5.41) is 0.422. The Hall–Kier alpha value is -1.74. The van der Waals surface area contributed by atoms with Crippen LogP contribution < -0.4 is 9.64 Å². The van der Waals surface area contributed by atoms with Gasteiger partial charge in [-0.05, 0) is 18.2 Å². The molecule has 0 radical (unpaired) electrons. The summed E-state index contributed by atoms with van der Waals surface area (Å²) < 4.78 is 5.63. The molecule has 0 amide bonds. The summed E-state index contributed by atoms with van der Waals surface area (Å²) in [7, 11) is 3.97. The highest BCUT2D eigenvalue weighted by Gasteiger charge is 2.01. The Kier molecular flexibility index (Phi) is 3.49. The third-order valence-electron chi connectivity index (χ3n) is 2.25. The highest BCUT2D eigenvalue weighted by Crippen LogP contribution is 2.24. The summed E-state index contributed by atoms with van der Waals surface area (Å²) in [6.07, 6.45) is 0. The Morgan fingerprint density at radius 2 is 1.88 bits per heavy atom. The van der Waals surface area contributed by atoms with E-state index in [1.807, 2.05) is 43.3 Å². The van der Waals surface area contributed by atoms with E-state index in [1.54, 1.807) is 18.2 Å². The molecular formula is C13H13ClN2O. The molecule has 4 heteroatoms. The zero-order valence-corrected chi connectivity index (χ0v) is 10.5. The minimum atomic E-state index is 0.422. The Bertz CT molecular complexity index is 514. The maximum Gasteiger partial charge on any atom is 0.220 e. The van der Waals surface area contributed by atoms with Crippen molar-refractivity contribution in [2.75, 3.05) is 19.0 Å². The van der Waals surface area contributed by atoms with Crippen LogP contribution in [0.3, 0.4) is 0 Å². The summed E-state index contributed by atoms with van der Waals surface area (Å²) in [5.41, 5.74) is 1.07. The Labute approximate surface area is 106 Å². The summed E-state index contributed by atoms with van der Waals surface area (Å²) in [5.74, 6) is 1.24. The lowest BCUT2D eigenvalue weighted by atomic mass is 10.3. The zero-order valence-electron chi connectivity index (χ0n) is 9.72. The first-order chi connectivity index (χ1) is 8.15. The van der Waals surface area contributed by atoms with Gasteiger partial charge in [0.05, 0.1) is 0 Å². The number of nitrogens with zero attached hydrogens (tertiary/aromatic N) is 2. The van der Waals surface area contributed by atoms with E-state index in [0.717, 1.165) is 11.4 Å². The zero-order chi connectivity index (χ0) is 12.3. The van der Waals surface area contributed by atoms with E-state index in [9.17, 15) is 0 Å². The van der Waals surface area contributed by atoms with Crippen molar-refractivity contribution in [3.05, 3.63) is 47.6 Å². The monoisotopic (exact) mass is 248 g/mol. The molecule has 0 fully saturated rings. The summed E-state index contributed by atoms with van der Waals surface area (Å²) >= 11 is 5.79. The van der Waals surface area contributed by atoms with Gasteiger partial charge in [0, 0.05) is 31.9 Å². The van der Waals surface area contributed by atoms with E-state index in [0.29, 0.717) is 11.0 Å². The fourth-order valence-corrected chi connectivity index (χ4v) is 1.55. The number of ether oxygens (including phenoxy) is 1. The van der Waals surface area contributed by atoms with Gasteiger partial charge >= 0.3 is 0 Å². The van der Waals surface area contributed by atoms with Crippen molar-refractivity contribution in [2.45, 2.75) is 0 Å². The smallest absolute Gasteiger partial charge is 0.220 e. The lowest BCUT2D eigenvalue weighted by Crippen LogP contribution is -2.08. The first kappa shape index (κ1) is 11.7. The fourth-order valence-electron chi connectivity index (χ4n) is 1.39. The van der Waals surface area contributed by atoms with E-state index in [2.05, 4.69) is 4.98 Å². The van der Waals surface area contributed by atoms with Gasteiger partial charge in [0.2, 0.25) is 5.88 Å². The Morgan fingerprint density at radius 3 is 2.59 bits per heavy atom. The second kappa shape index (κ2) is 5.06. The molecule has 0 spiro atoms. The van der Waals surface area contributed by atoms with Crippen molar-refractivity contribution in [3.8, 4) is 11.6 Å². The number of benzene rings is 1. The Morgan fingerprint density at radius 1 is 1.12 bits per heavy atom. The molecule has 0 aliphatic rings. The normalized spacial score (nSPS) is 10.1. The van der Waals surface area contributed by atoms with Gasteiger partial charge in [-0.3, -0.25) is 0 Å². The summed E-state index contributed by atoms with van der Waals surface area (Å²) in [6, 6.07) is 13.1. The van der Waals surface area contributed by atoms with Crippen LogP contribution in [0.1, 0.15) is 0 Å². The van der Waals surface area contributed by atoms with Gasteiger partial charge in [0.15, 0.2) is 0 Å². The molecule has 2 rings (SSSR count). The van der Waals surface area contributed by atoms with Gasteiger partial charge in [0.1, 0.15) is 10.9 Å². The minimum Gasteiger partial charge on any atom is -0.439 e. The van der Waals surface area contributed by atoms with Crippen LogP contribution in [0, 0.1) is 0 Å². The summed E-state index contributed by atoms with van der Waals surface area (Å²) in [6.45, 7) is 0. The molecular weight excluding hydrogens is 236 g/mol. The van der Waals surface area contributed by atoms with E-state index in [4.69, 9.17) is 16.3 Å². The third-order valence-corrected chi connectivity index (χ3v) is 2.46. The van der Waals surface area contributed by atoms with Crippen LogP contribution in [0.25, 0.3) is 0 Å². The molecule has 0 saturated heterocycles. The molecule has 0 saturated carbocycles. The molecule has 0 atom stereocenters. The van der Waals surface area contributed by atoms with Crippen LogP contribution in [0.4, 0.5) is 5.69 Å². The molecule has 0 bridgehead atoms. The maximum absolute atomic E-state index is 5.79. The van der Waals surface area contributed by atoms with Crippen LogP contribution in [-0.4, -0.2) is 19.1 Å². The van der Waals surface area contributed by atoms with Gasteiger partial charge in [-0.25, -0.2) is 4.98 Å². The second-order valence-corrected chi connectivity index (χ2v) is 4.18. The second-order valence-electron chi connectivity index (χ2n) is 3.79. The van der Waals surface area contributed by atoms with E-state index < -0.39 is 0 Å². The average Bonchev–Trinajstić information content (AvgIpc) is 2.29. The van der Waals surface area contributed by atoms with Crippen molar-refractivity contribution in [1.29, 1.82) is 0 Å². The molecule has 1 heterocycles. The molecule has 88 valence electrons. The van der Waals surface area contributed by atoms with Gasteiger partial charge in [-0.1, -0.05) is 23.7 Å². The van der Waals surface area contributed by atoms with Crippen molar-refractivity contribution in [2.24, 2.45) is 0 Å². The van der Waals surface area contributed by atoms with Crippen LogP contribution in [0.2, 0.25) is 5.15 Å². The first-order valence-corrected chi connectivity index (χ1v) is 5.61. The highest BCUT2D eigenvalue weighted by molar-refractivity contribution is 6.29.